The highest BCUT2D eigenvalue weighted by Gasteiger charge is 2.34. The van der Waals surface area contributed by atoms with Crippen molar-refractivity contribution in [3.63, 3.8) is 0 Å². The smallest absolute Gasteiger partial charge is 0.244 e. The molecule has 2 N–H and O–H groups in total. The van der Waals surface area contributed by atoms with Crippen LogP contribution in [0, 0.1) is 0 Å². The van der Waals surface area contributed by atoms with Crippen LogP contribution in [-0.2, 0) is 4.79 Å². The van der Waals surface area contributed by atoms with Crippen LogP contribution in [0.2, 0.25) is 0 Å². The molecule has 1 atom stereocenters. The summed E-state index contributed by atoms with van der Waals surface area (Å²) in [6, 6.07) is 9.86. The van der Waals surface area contributed by atoms with Gasteiger partial charge in [-0.2, -0.15) is 0 Å². The second kappa shape index (κ2) is 7.77. The van der Waals surface area contributed by atoms with Crippen LogP contribution in [0.3, 0.4) is 0 Å². The van der Waals surface area contributed by atoms with Crippen molar-refractivity contribution in [2.24, 2.45) is 0 Å². The molecule has 0 saturated carbocycles. The molecule has 2 aromatic rings. The van der Waals surface area contributed by atoms with Crippen molar-refractivity contribution in [3.05, 3.63) is 36.5 Å². The molecular weight excluding hydrogens is 321 g/mol. The molecule has 1 aromatic carbocycles. The number of pyridine rings is 1. The van der Waals surface area contributed by atoms with Crippen molar-refractivity contribution in [3.8, 4) is 0 Å². The third kappa shape index (κ3) is 3.88. The minimum absolute atomic E-state index is 0. The summed E-state index contributed by atoms with van der Waals surface area (Å²) in [6.45, 7) is 2.87. The number of amides is 1. The maximum Gasteiger partial charge on any atom is 0.244 e. The van der Waals surface area contributed by atoms with Gasteiger partial charge in [0, 0.05) is 5.39 Å². The van der Waals surface area contributed by atoms with Gasteiger partial charge in [-0.15, -0.1) is 24.8 Å². The van der Waals surface area contributed by atoms with Gasteiger partial charge in [0.2, 0.25) is 5.91 Å². The van der Waals surface area contributed by atoms with Gasteiger partial charge in [-0.05, 0) is 44.9 Å². The number of rotatable bonds is 2. The number of nitrogens with zero attached hydrogens (tertiary/aromatic N) is 1. The Morgan fingerprint density at radius 1 is 1.27 bits per heavy atom. The number of carbonyl (C=O) groups is 1. The molecule has 1 aliphatic heterocycles. The SMILES string of the molecule is CC1(C(=O)Nc2cnc3ccccc3c2)CCCCN1.Cl.Cl. The van der Waals surface area contributed by atoms with Gasteiger partial charge < -0.3 is 10.6 Å². The van der Waals surface area contributed by atoms with Crippen LogP contribution in [0.4, 0.5) is 5.69 Å². The largest absolute Gasteiger partial charge is 0.323 e. The van der Waals surface area contributed by atoms with Crippen LogP contribution >= 0.6 is 24.8 Å². The number of halogens is 2. The summed E-state index contributed by atoms with van der Waals surface area (Å²) in [5.74, 6) is 0.0225. The zero-order valence-corrected chi connectivity index (χ0v) is 14.1. The summed E-state index contributed by atoms with van der Waals surface area (Å²) in [5, 5.41) is 7.33. The molecule has 0 bridgehead atoms. The van der Waals surface area contributed by atoms with E-state index in [0.717, 1.165) is 42.4 Å². The second-order valence-electron chi connectivity index (χ2n) is 5.59. The van der Waals surface area contributed by atoms with E-state index in [-0.39, 0.29) is 30.7 Å². The van der Waals surface area contributed by atoms with Crippen LogP contribution in [0.15, 0.2) is 36.5 Å². The van der Waals surface area contributed by atoms with Gasteiger partial charge in [-0.25, -0.2) is 0 Å². The van der Waals surface area contributed by atoms with Crippen LogP contribution in [-0.4, -0.2) is 23.0 Å². The highest BCUT2D eigenvalue weighted by Crippen LogP contribution is 2.22. The van der Waals surface area contributed by atoms with Crippen molar-refractivity contribution in [2.75, 3.05) is 11.9 Å². The number of benzene rings is 1. The van der Waals surface area contributed by atoms with E-state index in [1.54, 1.807) is 6.20 Å². The lowest BCUT2D eigenvalue weighted by molar-refractivity contribution is -0.122. The molecule has 4 nitrogen and oxygen atoms in total. The Morgan fingerprint density at radius 3 is 2.77 bits per heavy atom. The van der Waals surface area contributed by atoms with Gasteiger partial charge in [0.15, 0.2) is 0 Å². The first-order chi connectivity index (χ1) is 9.67. The molecule has 1 amide bonds. The molecule has 0 radical (unpaired) electrons. The number of piperidine rings is 1. The van der Waals surface area contributed by atoms with E-state index >= 15 is 0 Å². The summed E-state index contributed by atoms with van der Waals surface area (Å²) >= 11 is 0. The number of nitrogens with one attached hydrogen (secondary N) is 2. The monoisotopic (exact) mass is 341 g/mol. The van der Waals surface area contributed by atoms with Gasteiger partial charge in [0.1, 0.15) is 0 Å². The Morgan fingerprint density at radius 2 is 2.05 bits per heavy atom. The average molecular weight is 342 g/mol. The third-order valence-electron chi connectivity index (χ3n) is 3.97. The predicted octanol–water partition coefficient (Wildman–Crippen LogP) is 3.55. The number of anilines is 1. The topological polar surface area (TPSA) is 54.0 Å². The number of para-hydroxylation sites is 1. The Balaban J connectivity index is 0.00000121. The molecule has 1 fully saturated rings. The van der Waals surface area contributed by atoms with Crippen LogP contribution < -0.4 is 10.6 Å². The predicted molar refractivity (Wildman–Crippen MR) is 95.1 cm³/mol. The van der Waals surface area contributed by atoms with Gasteiger partial charge in [0.05, 0.1) is 22.9 Å². The lowest BCUT2D eigenvalue weighted by atomic mass is 9.90. The maximum atomic E-state index is 12.4. The summed E-state index contributed by atoms with van der Waals surface area (Å²) in [5.41, 5.74) is 1.22. The molecule has 0 aliphatic carbocycles. The Bertz CT molecular complexity index is 642. The zero-order chi connectivity index (χ0) is 14.0. The van der Waals surface area contributed by atoms with E-state index in [4.69, 9.17) is 0 Å². The molecule has 22 heavy (non-hydrogen) atoms. The van der Waals surface area contributed by atoms with E-state index in [1.807, 2.05) is 37.3 Å². The maximum absolute atomic E-state index is 12.4. The van der Waals surface area contributed by atoms with Gasteiger partial charge in [0.25, 0.3) is 0 Å². The van der Waals surface area contributed by atoms with Crippen molar-refractivity contribution in [1.82, 2.24) is 10.3 Å². The van der Waals surface area contributed by atoms with Crippen LogP contribution in [0.1, 0.15) is 26.2 Å². The minimum Gasteiger partial charge on any atom is -0.323 e. The summed E-state index contributed by atoms with van der Waals surface area (Å²) in [6.07, 6.45) is 4.82. The average Bonchev–Trinajstić information content (AvgIpc) is 2.48. The Labute approximate surface area is 142 Å². The number of aromatic nitrogens is 1. The minimum atomic E-state index is -0.468. The summed E-state index contributed by atoms with van der Waals surface area (Å²) in [4.78, 5) is 16.8. The Hall–Kier alpha value is -1.36. The van der Waals surface area contributed by atoms with E-state index in [2.05, 4.69) is 15.6 Å². The lowest BCUT2D eigenvalue weighted by Gasteiger charge is -2.33. The molecule has 3 rings (SSSR count). The standard InChI is InChI=1S/C16H19N3O.2ClH/c1-16(8-4-5-9-18-16)15(20)19-13-10-12-6-2-3-7-14(12)17-11-13;;/h2-3,6-7,10-11,18H,4-5,8-9H2,1H3,(H,19,20);2*1H. The summed E-state index contributed by atoms with van der Waals surface area (Å²) in [7, 11) is 0. The fraction of sp³-hybridized carbons (Fsp3) is 0.375. The Kier molecular flexibility index (Phi) is 6.60. The normalized spacial score (nSPS) is 20.6. The summed E-state index contributed by atoms with van der Waals surface area (Å²) < 4.78 is 0. The molecule has 120 valence electrons. The van der Waals surface area contributed by atoms with Crippen molar-refractivity contribution in [1.29, 1.82) is 0 Å². The molecule has 1 aromatic heterocycles. The molecule has 1 unspecified atom stereocenters. The fourth-order valence-corrected chi connectivity index (χ4v) is 2.66. The number of hydrogen-bond donors (Lipinski definition) is 2. The van der Waals surface area contributed by atoms with Gasteiger partial charge in [-0.3, -0.25) is 9.78 Å². The fourth-order valence-electron chi connectivity index (χ4n) is 2.66. The van der Waals surface area contributed by atoms with Crippen molar-refractivity contribution >= 4 is 47.3 Å². The first-order valence-corrected chi connectivity index (χ1v) is 7.09. The third-order valence-corrected chi connectivity index (χ3v) is 3.97. The molecule has 1 aliphatic rings. The zero-order valence-electron chi connectivity index (χ0n) is 12.5. The van der Waals surface area contributed by atoms with Gasteiger partial charge >= 0.3 is 0 Å². The molecule has 6 heteroatoms. The number of carbonyl (C=O) groups excluding carboxylic acids is 1. The first kappa shape index (κ1) is 18.7. The number of hydrogen-bond acceptors (Lipinski definition) is 3. The van der Waals surface area contributed by atoms with Crippen LogP contribution in [0.5, 0.6) is 0 Å². The highest BCUT2D eigenvalue weighted by molar-refractivity contribution is 5.99. The molecule has 1 saturated heterocycles. The van der Waals surface area contributed by atoms with E-state index in [0.29, 0.717) is 0 Å². The van der Waals surface area contributed by atoms with Crippen LogP contribution in [0.25, 0.3) is 10.9 Å². The van der Waals surface area contributed by atoms with Crippen molar-refractivity contribution < 1.29 is 4.79 Å². The van der Waals surface area contributed by atoms with E-state index in [9.17, 15) is 4.79 Å². The van der Waals surface area contributed by atoms with Gasteiger partial charge in [-0.1, -0.05) is 18.2 Å². The molecular formula is C16H21Cl2N3O. The molecule has 0 spiro atoms. The molecule has 2 heterocycles. The number of fused-ring (bicyclic) bond motifs is 1. The highest BCUT2D eigenvalue weighted by atomic mass is 35.5. The van der Waals surface area contributed by atoms with E-state index < -0.39 is 5.54 Å². The van der Waals surface area contributed by atoms with E-state index in [1.165, 1.54) is 0 Å². The quantitative estimate of drug-likeness (QED) is 0.878. The second-order valence-corrected chi connectivity index (χ2v) is 5.59. The van der Waals surface area contributed by atoms with Crippen molar-refractivity contribution in [2.45, 2.75) is 31.7 Å². The first-order valence-electron chi connectivity index (χ1n) is 7.09. The lowest BCUT2D eigenvalue weighted by Crippen LogP contribution is -2.54.